The highest BCUT2D eigenvalue weighted by atomic mass is 35.5. The van der Waals surface area contributed by atoms with Crippen LogP contribution in [0.1, 0.15) is 44.9 Å². The number of halogens is 1. The molecule has 4 bridgehead atoms. The van der Waals surface area contributed by atoms with Gasteiger partial charge in [-0.15, -0.1) is 0 Å². The molecular weight excluding hydrogens is 338 g/mol. The number of ether oxygens (including phenoxy) is 1. The van der Waals surface area contributed by atoms with E-state index in [-0.39, 0.29) is 23.9 Å². The summed E-state index contributed by atoms with van der Waals surface area (Å²) >= 11 is 5.89. The predicted octanol–water partition coefficient (Wildman–Crippen LogP) is 4.43. The summed E-state index contributed by atoms with van der Waals surface area (Å²) in [4.78, 5) is 24.3. The van der Waals surface area contributed by atoms with Crippen LogP contribution in [0.2, 0.25) is 5.02 Å². The molecule has 0 saturated heterocycles. The minimum absolute atomic E-state index is 0.148. The maximum absolute atomic E-state index is 12.3. The molecule has 4 nitrogen and oxygen atoms in total. The van der Waals surface area contributed by atoms with Crippen molar-refractivity contribution < 1.29 is 14.3 Å². The number of benzene rings is 1. The third-order valence-electron chi connectivity index (χ3n) is 6.16. The Bertz CT molecular complexity index is 652. The summed E-state index contributed by atoms with van der Waals surface area (Å²) in [5.74, 6) is 1.87. The first-order valence-electron chi connectivity index (χ1n) is 9.21. The van der Waals surface area contributed by atoms with Crippen molar-refractivity contribution in [3.8, 4) is 0 Å². The van der Waals surface area contributed by atoms with Crippen molar-refractivity contribution in [2.24, 2.45) is 23.2 Å². The molecule has 1 aromatic carbocycles. The summed E-state index contributed by atoms with van der Waals surface area (Å²) in [6, 6.07) is 6.91. The van der Waals surface area contributed by atoms with Gasteiger partial charge in [0.1, 0.15) is 0 Å². The predicted molar refractivity (Wildman–Crippen MR) is 96.3 cm³/mol. The highest BCUT2D eigenvalue weighted by Crippen LogP contribution is 2.61. The molecule has 0 aromatic heterocycles. The quantitative estimate of drug-likeness (QED) is 0.789. The monoisotopic (exact) mass is 361 g/mol. The minimum atomic E-state index is -0.332. The van der Waals surface area contributed by atoms with Crippen LogP contribution in [-0.2, 0) is 14.3 Å². The Kier molecular flexibility index (Phi) is 4.48. The lowest BCUT2D eigenvalue weighted by Gasteiger charge is -2.56. The molecule has 25 heavy (non-hydrogen) atoms. The molecular formula is C20H24ClNO3. The highest BCUT2D eigenvalue weighted by Gasteiger charge is 2.51. The van der Waals surface area contributed by atoms with Gasteiger partial charge < -0.3 is 10.1 Å². The fourth-order valence-electron chi connectivity index (χ4n) is 5.77. The summed E-state index contributed by atoms with van der Waals surface area (Å²) in [7, 11) is 0. The maximum Gasteiger partial charge on any atom is 0.306 e. The molecule has 5 rings (SSSR count). The van der Waals surface area contributed by atoms with E-state index in [1.165, 1.54) is 38.5 Å². The van der Waals surface area contributed by atoms with Crippen molar-refractivity contribution in [2.45, 2.75) is 44.9 Å². The fraction of sp³-hybridized carbons (Fsp3) is 0.600. The number of nitrogens with one attached hydrogen (secondary N) is 1. The molecule has 0 radical (unpaired) electrons. The van der Waals surface area contributed by atoms with E-state index in [0.29, 0.717) is 17.1 Å². The van der Waals surface area contributed by atoms with Crippen LogP contribution >= 0.6 is 11.6 Å². The van der Waals surface area contributed by atoms with Crippen LogP contribution in [0, 0.1) is 23.2 Å². The third-order valence-corrected chi connectivity index (χ3v) is 6.39. The maximum atomic E-state index is 12.3. The van der Waals surface area contributed by atoms with Crippen molar-refractivity contribution in [3.05, 3.63) is 29.3 Å². The van der Waals surface area contributed by atoms with Crippen LogP contribution in [0.4, 0.5) is 5.69 Å². The van der Waals surface area contributed by atoms with E-state index in [2.05, 4.69) is 5.32 Å². The van der Waals surface area contributed by atoms with Crippen LogP contribution in [0.25, 0.3) is 0 Å². The summed E-state index contributed by atoms with van der Waals surface area (Å²) in [5, 5.41) is 3.25. The Hall–Kier alpha value is -1.55. The largest absolute Gasteiger partial charge is 0.456 e. The van der Waals surface area contributed by atoms with E-state index in [0.717, 1.165) is 17.8 Å². The first-order chi connectivity index (χ1) is 12.0. The molecule has 0 atom stereocenters. The summed E-state index contributed by atoms with van der Waals surface area (Å²) in [5.41, 5.74) is 0.754. The summed E-state index contributed by atoms with van der Waals surface area (Å²) in [6.45, 7) is -0.238. The summed E-state index contributed by atoms with van der Waals surface area (Å²) < 4.78 is 5.26. The number of hydrogen-bond donors (Lipinski definition) is 1. The molecule has 0 unspecified atom stereocenters. The van der Waals surface area contributed by atoms with Gasteiger partial charge in [-0.1, -0.05) is 17.7 Å². The van der Waals surface area contributed by atoms with Crippen LogP contribution in [0.15, 0.2) is 24.3 Å². The molecule has 4 fully saturated rings. The van der Waals surface area contributed by atoms with Crippen molar-refractivity contribution >= 4 is 29.2 Å². The van der Waals surface area contributed by atoms with Crippen molar-refractivity contribution in [1.82, 2.24) is 0 Å². The average molecular weight is 362 g/mol. The Balaban J connectivity index is 1.27. The van der Waals surface area contributed by atoms with Crippen molar-refractivity contribution in [2.75, 3.05) is 11.9 Å². The second-order valence-electron chi connectivity index (χ2n) is 8.31. The second-order valence-corrected chi connectivity index (χ2v) is 8.75. The van der Waals surface area contributed by atoms with Crippen LogP contribution in [-0.4, -0.2) is 18.5 Å². The number of anilines is 1. The molecule has 5 heteroatoms. The van der Waals surface area contributed by atoms with Gasteiger partial charge in [-0.2, -0.15) is 0 Å². The minimum Gasteiger partial charge on any atom is -0.456 e. The normalized spacial score (nSPS) is 32.4. The zero-order valence-corrected chi connectivity index (χ0v) is 15.1. The van der Waals surface area contributed by atoms with E-state index in [1.54, 1.807) is 24.3 Å². The van der Waals surface area contributed by atoms with E-state index >= 15 is 0 Å². The van der Waals surface area contributed by atoms with Gasteiger partial charge in [0.15, 0.2) is 6.61 Å². The van der Waals surface area contributed by atoms with Crippen LogP contribution in [0.3, 0.4) is 0 Å². The van der Waals surface area contributed by atoms with E-state index < -0.39 is 0 Å². The first kappa shape index (κ1) is 16.9. The SMILES string of the molecule is O=C(COC(=O)CC12CC3CC(CC(C3)C1)C2)Nc1cccc(Cl)c1. The number of amides is 1. The standard InChI is InChI=1S/C20H24ClNO3/c21-16-2-1-3-17(7-16)22-18(23)12-25-19(24)11-20-8-13-4-14(9-20)6-15(5-13)10-20/h1-3,7,13-15H,4-6,8-12H2,(H,22,23). The smallest absolute Gasteiger partial charge is 0.306 e. The fourth-order valence-corrected chi connectivity index (χ4v) is 5.96. The van der Waals surface area contributed by atoms with Crippen molar-refractivity contribution in [3.63, 3.8) is 0 Å². The van der Waals surface area contributed by atoms with Gasteiger partial charge in [0.25, 0.3) is 5.91 Å². The Labute approximate surface area is 153 Å². The Morgan fingerprint density at radius 3 is 2.36 bits per heavy atom. The van der Waals surface area contributed by atoms with Crippen molar-refractivity contribution in [1.29, 1.82) is 0 Å². The molecule has 134 valence electrons. The van der Waals surface area contributed by atoms with Crippen LogP contribution < -0.4 is 5.32 Å². The molecule has 4 aliphatic rings. The van der Waals surface area contributed by atoms with Gasteiger partial charge in [0, 0.05) is 10.7 Å². The van der Waals surface area contributed by atoms with Gasteiger partial charge in [0.2, 0.25) is 0 Å². The molecule has 0 aliphatic heterocycles. The van der Waals surface area contributed by atoms with E-state index in [1.807, 2.05) is 0 Å². The lowest BCUT2D eigenvalue weighted by Crippen LogP contribution is -2.47. The topological polar surface area (TPSA) is 55.4 Å². The first-order valence-corrected chi connectivity index (χ1v) is 9.58. The lowest BCUT2D eigenvalue weighted by molar-refractivity contribution is -0.154. The molecule has 4 aliphatic carbocycles. The van der Waals surface area contributed by atoms with Gasteiger partial charge in [-0.3, -0.25) is 9.59 Å². The summed E-state index contributed by atoms with van der Waals surface area (Å²) in [6.07, 6.45) is 8.05. The van der Waals surface area contributed by atoms with Gasteiger partial charge in [-0.05, 0) is 79.9 Å². The molecule has 1 aromatic rings. The van der Waals surface area contributed by atoms with Gasteiger partial charge in [0.05, 0.1) is 6.42 Å². The molecule has 1 N–H and O–H groups in total. The number of esters is 1. The lowest BCUT2D eigenvalue weighted by atomic mass is 9.49. The van der Waals surface area contributed by atoms with Gasteiger partial charge >= 0.3 is 5.97 Å². The average Bonchev–Trinajstić information content (AvgIpc) is 2.51. The third kappa shape index (κ3) is 3.84. The molecule has 0 spiro atoms. The number of carbonyl (C=O) groups is 2. The molecule has 1 amide bonds. The number of rotatable bonds is 5. The second kappa shape index (κ2) is 6.64. The number of hydrogen-bond acceptors (Lipinski definition) is 3. The zero-order valence-electron chi connectivity index (χ0n) is 14.3. The zero-order chi connectivity index (χ0) is 17.4. The number of carbonyl (C=O) groups excluding carboxylic acids is 2. The molecule has 4 saturated carbocycles. The molecule has 0 heterocycles. The Morgan fingerprint density at radius 2 is 1.76 bits per heavy atom. The Morgan fingerprint density at radius 1 is 1.12 bits per heavy atom. The highest BCUT2D eigenvalue weighted by molar-refractivity contribution is 6.30. The van der Waals surface area contributed by atoms with Gasteiger partial charge in [-0.25, -0.2) is 0 Å². The van der Waals surface area contributed by atoms with E-state index in [9.17, 15) is 9.59 Å². The van der Waals surface area contributed by atoms with E-state index in [4.69, 9.17) is 16.3 Å². The van der Waals surface area contributed by atoms with Crippen LogP contribution in [0.5, 0.6) is 0 Å².